The first-order chi connectivity index (χ1) is 10.7. The molecule has 0 aliphatic carbocycles. The molecule has 0 saturated heterocycles. The Hall–Kier alpha value is -2.44. The summed E-state index contributed by atoms with van der Waals surface area (Å²) in [6.45, 7) is 4.77. The molecule has 3 amide bonds. The van der Waals surface area contributed by atoms with Crippen molar-refractivity contribution in [1.29, 1.82) is 0 Å². The fourth-order valence-electron chi connectivity index (χ4n) is 2.17. The third-order valence-corrected chi connectivity index (χ3v) is 3.29. The number of carbonyl (C=O) groups excluding carboxylic acids is 3. The van der Waals surface area contributed by atoms with Crippen LogP contribution in [0, 0.1) is 11.7 Å². The predicted molar refractivity (Wildman–Crippen MR) is 83.7 cm³/mol. The van der Waals surface area contributed by atoms with Gasteiger partial charge in [-0.05, 0) is 23.6 Å². The van der Waals surface area contributed by atoms with E-state index < -0.39 is 35.6 Å². The molecular formula is C16H22FN3O3. The molecule has 1 aromatic rings. The van der Waals surface area contributed by atoms with E-state index in [1.54, 1.807) is 19.9 Å². The lowest BCUT2D eigenvalue weighted by Gasteiger charge is -2.23. The van der Waals surface area contributed by atoms with Gasteiger partial charge in [-0.3, -0.25) is 14.4 Å². The van der Waals surface area contributed by atoms with Crippen LogP contribution in [0.2, 0.25) is 0 Å². The normalized spacial score (nSPS) is 13.3. The standard InChI is InChI=1S/C16H22FN3O3/c1-9(2)14(15(18)22)20-16(23)13(19-10(3)21)8-11-5-4-6-12(17)7-11/h4-7,9,13-14H,8H2,1-3H3,(H2,18,22)(H,19,21)(H,20,23)/t13-,14-/m1/s1. The van der Waals surface area contributed by atoms with E-state index in [-0.39, 0.29) is 12.3 Å². The third kappa shape index (κ3) is 6.06. The number of halogens is 1. The predicted octanol–water partition coefficient (Wildman–Crippen LogP) is 0.499. The Morgan fingerprint density at radius 2 is 1.87 bits per heavy atom. The van der Waals surface area contributed by atoms with Crippen LogP contribution in [0.15, 0.2) is 24.3 Å². The molecule has 23 heavy (non-hydrogen) atoms. The summed E-state index contributed by atoms with van der Waals surface area (Å²) in [5.41, 5.74) is 5.82. The molecule has 6 nitrogen and oxygen atoms in total. The molecule has 0 saturated carbocycles. The number of primary amides is 1. The Balaban J connectivity index is 2.90. The second kappa shape index (κ2) is 8.26. The molecule has 0 aliphatic rings. The zero-order valence-corrected chi connectivity index (χ0v) is 13.4. The van der Waals surface area contributed by atoms with Gasteiger partial charge in [0.1, 0.15) is 17.9 Å². The molecule has 0 spiro atoms. The second-order valence-corrected chi connectivity index (χ2v) is 5.72. The van der Waals surface area contributed by atoms with E-state index in [1.807, 2.05) is 0 Å². The van der Waals surface area contributed by atoms with Crippen LogP contribution in [0.4, 0.5) is 4.39 Å². The average Bonchev–Trinajstić information content (AvgIpc) is 2.42. The van der Waals surface area contributed by atoms with Gasteiger partial charge in [-0.15, -0.1) is 0 Å². The summed E-state index contributed by atoms with van der Waals surface area (Å²) in [5, 5.41) is 5.04. The third-order valence-electron chi connectivity index (χ3n) is 3.29. The van der Waals surface area contributed by atoms with Crippen molar-refractivity contribution in [3.8, 4) is 0 Å². The van der Waals surface area contributed by atoms with Crippen molar-refractivity contribution < 1.29 is 18.8 Å². The summed E-state index contributed by atoms with van der Waals surface area (Å²) >= 11 is 0. The monoisotopic (exact) mass is 323 g/mol. The average molecular weight is 323 g/mol. The van der Waals surface area contributed by atoms with Gasteiger partial charge in [-0.2, -0.15) is 0 Å². The lowest BCUT2D eigenvalue weighted by molar-refractivity contribution is -0.131. The highest BCUT2D eigenvalue weighted by Gasteiger charge is 2.27. The molecule has 0 fully saturated rings. The number of hydrogen-bond donors (Lipinski definition) is 3. The molecule has 2 atom stereocenters. The number of amides is 3. The van der Waals surface area contributed by atoms with Gasteiger partial charge in [0.2, 0.25) is 17.7 Å². The smallest absolute Gasteiger partial charge is 0.243 e. The van der Waals surface area contributed by atoms with Crippen molar-refractivity contribution in [2.75, 3.05) is 0 Å². The number of nitrogens with one attached hydrogen (secondary N) is 2. The highest BCUT2D eigenvalue weighted by atomic mass is 19.1. The van der Waals surface area contributed by atoms with Crippen molar-refractivity contribution in [2.24, 2.45) is 11.7 Å². The Kier molecular flexibility index (Phi) is 6.68. The summed E-state index contributed by atoms with van der Waals surface area (Å²) in [6.07, 6.45) is 0.104. The molecule has 0 aromatic heterocycles. The minimum atomic E-state index is -0.921. The lowest BCUT2D eigenvalue weighted by atomic mass is 10.0. The van der Waals surface area contributed by atoms with Gasteiger partial charge >= 0.3 is 0 Å². The number of carbonyl (C=O) groups is 3. The first-order valence-corrected chi connectivity index (χ1v) is 7.32. The van der Waals surface area contributed by atoms with Gasteiger partial charge in [0.15, 0.2) is 0 Å². The molecule has 0 bridgehead atoms. The van der Waals surface area contributed by atoms with E-state index in [4.69, 9.17) is 5.73 Å². The van der Waals surface area contributed by atoms with Crippen LogP contribution in [-0.4, -0.2) is 29.8 Å². The summed E-state index contributed by atoms with van der Waals surface area (Å²) < 4.78 is 13.3. The van der Waals surface area contributed by atoms with Crippen LogP contribution in [-0.2, 0) is 20.8 Å². The Morgan fingerprint density at radius 1 is 1.22 bits per heavy atom. The van der Waals surface area contributed by atoms with Crippen molar-refractivity contribution in [3.05, 3.63) is 35.6 Å². The lowest BCUT2D eigenvalue weighted by Crippen LogP contribution is -2.55. The zero-order chi connectivity index (χ0) is 17.6. The largest absolute Gasteiger partial charge is 0.368 e. The molecule has 0 aliphatic heterocycles. The van der Waals surface area contributed by atoms with Crippen LogP contribution in [0.25, 0.3) is 0 Å². The molecule has 1 rings (SSSR count). The molecule has 1 aromatic carbocycles. The van der Waals surface area contributed by atoms with E-state index in [1.165, 1.54) is 25.1 Å². The summed E-state index contributed by atoms with van der Waals surface area (Å²) in [7, 11) is 0. The highest BCUT2D eigenvalue weighted by Crippen LogP contribution is 2.08. The van der Waals surface area contributed by atoms with E-state index in [0.717, 1.165) is 0 Å². The first-order valence-electron chi connectivity index (χ1n) is 7.32. The number of hydrogen-bond acceptors (Lipinski definition) is 3. The summed E-state index contributed by atoms with van der Waals surface area (Å²) in [4.78, 5) is 35.1. The molecule has 7 heteroatoms. The van der Waals surface area contributed by atoms with Crippen LogP contribution >= 0.6 is 0 Å². The minimum absolute atomic E-state index is 0.104. The maximum absolute atomic E-state index is 13.3. The van der Waals surface area contributed by atoms with Crippen LogP contribution in [0.5, 0.6) is 0 Å². The van der Waals surface area contributed by atoms with Crippen molar-refractivity contribution in [3.63, 3.8) is 0 Å². The first kappa shape index (κ1) is 18.6. The van der Waals surface area contributed by atoms with Gasteiger partial charge in [0, 0.05) is 13.3 Å². The Bertz CT molecular complexity index is 590. The maximum atomic E-state index is 13.3. The maximum Gasteiger partial charge on any atom is 0.243 e. The molecule has 4 N–H and O–H groups in total. The van der Waals surface area contributed by atoms with Crippen molar-refractivity contribution in [2.45, 2.75) is 39.3 Å². The zero-order valence-electron chi connectivity index (χ0n) is 13.4. The topological polar surface area (TPSA) is 101 Å². The fraction of sp³-hybridized carbons (Fsp3) is 0.438. The summed E-state index contributed by atoms with van der Waals surface area (Å²) in [5.74, 6) is -2.21. The number of rotatable bonds is 7. The van der Waals surface area contributed by atoms with Gasteiger partial charge in [0.05, 0.1) is 0 Å². The van der Waals surface area contributed by atoms with Crippen molar-refractivity contribution >= 4 is 17.7 Å². The van der Waals surface area contributed by atoms with Gasteiger partial charge in [-0.1, -0.05) is 26.0 Å². The Labute approximate surface area is 134 Å². The van der Waals surface area contributed by atoms with Crippen molar-refractivity contribution in [1.82, 2.24) is 10.6 Å². The number of nitrogens with two attached hydrogens (primary N) is 1. The highest BCUT2D eigenvalue weighted by molar-refractivity contribution is 5.91. The van der Waals surface area contributed by atoms with Gasteiger partial charge < -0.3 is 16.4 Å². The quantitative estimate of drug-likeness (QED) is 0.681. The van der Waals surface area contributed by atoms with Crippen LogP contribution in [0.3, 0.4) is 0 Å². The fourth-order valence-corrected chi connectivity index (χ4v) is 2.17. The molecule has 0 unspecified atom stereocenters. The van der Waals surface area contributed by atoms with Crippen LogP contribution in [0.1, 0.15) is 26.3 Å². The molecular weight excluding hydrogens is 301 g/mol. The molecule has 0 radical (unpaired) electrons. The van der Waals surface area contributed by atoms with E-state index in [2.05, 4.69) is 10.6 Å². The van der Waals surface area contributed by atoms with Gasteiger partial charge in [0.25, 0.3) is 0 Å². The molecule has 126 valence electrons. The minimum Gasteiger partial charge on any atom is -0.368 e. The van der Waals surface area contributed by atoms with E-state index >= 15 is 0 Å². The van der Waals surface area contributed by atoms with E-state index in [9.17, 15) is 18.8 Å². The Morgan fingerprint density at radius 3 is 2.35 bits per heavy atom. The molecule has 0 heterocycles. The number of benzene rings is 1. The SMILES string of the molecule is CC(=O)N[C@H](Cc1cccc(F)c1)C(=O)N[C@@H](C(N)=O)C(C)C. The van der Waals surface area contributed by atoms with E-state index in [0.29, 0.717) is 5.56 Å². The van der Waals surface area contributed by atoms with Gasteiger partial charge in [-0.25, -0.2) is 4.39 Å². The van der Waals surface area contributed by atoms with Crippen LogP contribution < -0.4 is 16.4 Å². The summed E-state index contributed by atoms with van der Waals surface area (Å²) in [6, 6.07) is 3.99. The second-order valence-electron chi connectivity index (χ2n) is 5.72.